The van der Waals surface area contributed by atoms with Crippen molar-refractivity contribution >= 4 is 27.1 Å². The van der Waals surface area contributed by atoms with Crippen LogP contribution in [0.1, 0.15) is 139 Å². The highest BCUT2D eigenvalue weighted by Gasteiger charge is 2.66. The van der Waals surface area contributed by atoms with E-state index in [4.69, 9.17) is 9.47 Å². The molecule has 2 nitrogen and oxygen atoms in total. The molecule has 0 aromatic heterocycles. The summed E-state index contributed by atoms with van der Waals surface area (Å²) in [7, 11) is 0. The first-order valence-corrected chi connectivity index (χ1v) is 29.9. The van der Waals surface area contributed by atoms with Gasteiger partial charge in [-0.3, -0.25) is 0 Å². The molecule has 17 rings (SSSR count). The lowest BCUT2D eigenvalue weighted by Crippen LogP contribution is -2.61. The van der Waals surface area contributed by atoms with Crippen molar-refractivity contribution in [2.75, 3.05) is 0 Å². The summed E-state index contributed by atoms with van der Waals surface area (Å²) in [5.41, 5.74) is 23.0. The Morgan fingerprint density at radius 1 is 0.439 bits per heavy atom. The maximum Gasteiger partial charge on any atom is 0.179 e. The maximum absolute atomic E-state index is 7.72. The zero-order valence-corrected chi connectivity index (χ0v) is 47.5. The van der Waals surface area contributed by atoms with Crippen LogP contribution in [0.25, 0.3) is 60.5 Å². The lowest BCUT2D eigenvalue weighted by Gasteiger charge is -2.60. The van der Waals surface area contributed by atoms with Crippen LogP contribution in [0, 0.1) is 0 Å². The average molecular weight is 1060 g/mol. The van der Waals surface area contributed by atoms with Gasteiger partial charge in [0.05, 0.1) is 16.9 Å². The first kappa shape index (κ1) is 48.2. The Morgan fingerprint density at radius 2 is 0.939 bits per heavy atom. The highest BCUT2D eigenvalue weighted by atomic mass is 16.6. The van der Waals surface area contributed by atoms with Crippen LogP contribution in [0.5, 0.6) is 5.75 Å². The largest absolute Gasteiger partial charge is 0.473 e. The molecule has 2 heteroatoms. The summed E-state index contributed by atoms with van der Waals surface area (Å²) in [5.74, 6) is 0.919. The van der Waals surface area contributed by atoms with E-state index in [2.05, 4.69) is 278 Å². The number of hydrogen-bond donors (Lipinski definition) is 0. The van der Waals surface area contributed by atoms with E-state index >= 15 is 0 Å². The van der Waals surface area contributed by atoms with Gasteiger partial charge in [0, 0.05) is 22.1 Å². The van der Waals surface area contributed by atoms with E-state index in [-0.39, 0.29) is 16.7 Å². The number of hydrogen-bond acceptors (Lipinski definition) is 2. The van der Waals surface area contributed by atoms with Crippen molar-refractivity contribution in [1.29, 1.82) is 0 Å². The van der Waals surface area contributed by atoms with Crippen LogP contribution in [0.4, 0.5) is 0 Å². The molecule has 2 spiro atoms. The number of benzene rings is 11. The molecule has 2 aliphatic heterocycles. The molecule has 2 atom stereocenters. The van der Waals surface area contributed by atoms with Crippen LogP contribution in [0.3, 0.4) is 0 Å². The van der Waals surface area contributed by atoms with Gasteiger partial charge in [-0.15, -0.1) is 0 Å². The van der Waals surface area contributed by atoms with Crippen LogP contribution >= 0.6 is 0 Å². The van der Waals surface area contributed by atoms with Crippen molar-refractivity contribution in [3.05, 3.63) is 309 Å². The van der Waals surface area contributed by atoms with Crippen molar-refractivity contribution in [1.82, 2.24) is 0 Å². The summed E-state index contributed by atoms with van der Waals surface area (Å²) in [6.45, 7) is 14.3. The molecule has 1 saturated heterocycles. The average Bonchev–Trinajstić information content (AvgIpc) is 1.47. The molecule has 0 N–H and O–H groups in total. The molecule has 0 bridgehead atoms. The van der Waals surface area contributed by atoms with E-state index in [9.17, 15) is 0 Å². The molecule has 11 aromatic carbocycles. The Balaban J connectivity index is 0.878. The summed E-state index contributed by atoms with van der Waals surface area (Å²) in [4.78, 5) is 0. The van der Waals surface area contributed by atoms with E-state index in [0.29, 0.717) is 0 Å². The van der Waals surface area contributed by atoms with E-state index in [0.717, 1.165) is 33.4 Å². The van der Waals surface area contributed by atoms with Crippen LogP contribution in [-0.2, 0) is 32.2 Å². The van der Waals surface area contributed by atoms with E-state index in [1.165, 1.54) is 124 Å². The second kappa shape index (κ2) is 16.6. The van der Waals surface area contributed by atoms with Gasteiger partial charge in [-0.25, -0.2) is 0 Å². The van der Waals surface area contributed by atoms with Crippen molar-refractivity contribution < 1.29 is 9.47 Å². The van der Waals surface area contributed by atoms with Crippen molar-refractivity contribution in [2.24, 2.45) is 0 Å². The quantitative estimate of drug-likeness (QED) is 0.158. The Labute approximate surface area is 481 Å². The monoisotopic (exact) mass is 1060 g/mol. The van der Waals surface area contributed by atoms with Gasteiger partial charge in [-0.05, 0) is 166 Å². The summed E-state index contributed by atoms with van der Waals surface area (Å²) in [6, 6.07) is 87.5. The standard InChI is InChI=1S/C80H64O2/c1-7-8-44-77(6)70-42-36-51-47-54(39-41-56(51)73(70)75(77,2)3)79(66-32-17-11-26-59(66)60-27-12-18-33-67(60)79)53-38-40-55-50(46-53)37-43-71-72(55)63(48-78(81-71)64-30-15-9-24-57(64)58-25-10-16-31-65(58)78)49-22-21-23-52(45-49)74-76(4,5)82-80(74)68-34-19-13-28-61(68)62-29-14-20-35-69(62)80/h9-43,45-48,74H,7-8,44H2,1-6H3. The molecular formula is C80H64O2. The molecular weight excluding hydrogens is 993 g/mol. The normalized spacial score (nSPS) is 20.3. The minimum Gasteiger partial charge on any atom is -0.473 e. The third-order valence-corrected chi connectivity index (χ3v) is 21.3. The Hall–Kier alpha value is -8.56. The predicted molar refractivity (Wildman–Crippen MR) is 336 cm³/mol. The third kappa shape index (κ3) is 5.88. The Kier molecular flexibility index (Phi) is 9.73. The summed E-state index contributed by atoms with van der Waals surface area (Å²) >= 11 is 0. The number of unbranched alkanes of at least 4 members (excludes halogenated alkanes) is 1. The Morgan fingerprint density at radius 3 is 1.51 bits per heavy atom. The molecule has 4 aliphatic carbocycles. The van der Waals surface area contributed by atoms with Crippen LogP contribution in [-0.4, -0.2) is 5.60 Å². The van der Waals surface area contributed by atoms with Gasteiger partial charge < -0.3 is 9.47 Å². The fourth-order valence-electron chi connectivity index (χ4n) is 17.5. The number of rotatable bonds is 7. The molecule has 0 amide bonds. The van der Waals surface area contributed by atoms with Crippen LogP contribution in [0.15, 0.2) is 237 Å². The molecule has 396 valence electrons. The van der Waals surface area contributed by atoms with Gasteiger partial charge in [0.2, 0.25) is 0 Å². The molecule has 1 fully saturated rings. The summed E-state index contributed by atoms with van der Waals surface area (Å²) in [6.07, 6.45) is 6.14. The van der Waals surface area contributed by atoms with Gasteiger partial charge in [0.15, 0.2) is 5.60 Å². The smallest absolute Gasteiger partial charge is 0.179 e. The van der Waals surface area contributed by atoms with Gasteiger partial charge in [-0.1, -0.05) is 253 Å². The van der Waals surface area contributed by atoms with Gasteiger partial charge in [0.1, 0.15) is 11.4 Å². The van der Waals surface area contributed by atoms with Gasteiger partial charge >= 0.3 is 0 Å². The zero-order valence-electron chi connectivity index (χ0n) is 47.5. The topological polar surface area (TPSA) is 18.5 Å². The summed E-state index contributed by atoms with van der Waals surface area (Å²) < 4.78 is 15.0. The highest BCUT2D eigenvalue weighted by molar-refractivity contribution is 6.04. The molecule has 11 aromatic rings. The van der Waals surface area contributed by atoms with Crippen molar-refractivity contribution in [3.8, 4) is 39.1 Å². The van der Waals surface area contributed by atoms with E-state index < -0.39 is 22.2 Å². The fraction of sp³-hybridized carbons (Fsp3) is 0.200. The van der Waals surface area contributed by atoms with Crippen LogP contribution in [0.2, 0.25) is 0 Å². The fourth-order valence-corrected chi connectivity index (χ4v) is 17.5. The third-order valence-electron chi connectivity index (χ3n) is 21.3. The molecule has 2 unspecified atom stereocenters. The molecule has 0 radical (unpaired) electrons. The predicted octanol–water partition coefficient (Wildman–Crippen LogP) is 19.7. The second-order valence-corrected chi connectivity index (χ2v) is 25.8. The number of ether oxygens (including phenoxy) is 2. The van der Waals surface area contributed by atoms with Crippen molar-refractivity contribution in [3.63, 3.8) is 0 Å². The van der Waals surface area contributed by atoms with Gasteiger partial charge in [-0.2, -0.15) is 0 Å². The first-order chi connectivity index (χ1) is 39.9. The summed E-state index contributed by atoms with van der Waals surface area (Å²) in [5, 5.41) is 5.03. The van der Waals surface area contributed by atoms with E-state index in [1.54, 1.807) is 0 Å². The first-order valence-electron chi connectivity index (χ1n) is 29.9. The van der Waals surface area contributed by atoms with E-state index in [1.807, 2.05) is 0 Å². The molecule has 6 aliphatic rings. The zero-order chi connectivity index (χ0) is 55.1. The van der Waals surface area contributed by atoms with Gasteiger partial charge in [0.25, 0.3) is 0 Å². The molecule has 0 saturated carbocycles. The Bertz CT molecular complexity index is 4480. The minimum atomic E-state index is -0.857. The lowest BCUT2D eigenvalue weighted by atomic mass is 9.46. The molecule has 82 heavy (non-hydrogen) atoms. The number of fused-ring (bicyclic) bond motifs is 19. The maximum atomic E-state index is 7.72. The van der Waals surface area contributed by atoms with Crippen molar-refractivity contribution in [2.45, 2.75) is 99.8 Å². The SMILES string of the molecule is CCCCC1(C)c2ccc3cc(C4(c5ccc6c7c(ccc6c5)OC5(C=C7c6cccc(C7C(C)(C)OC78c7ccccc7-c7ccccc78)c6)c6ccccc6-c6ccccc65)c5ccccc5-c5ccccc54)ccc3c2C1(C)C. The second-order valence-electron chi connectivity index (χ2n) is 25.8. The lowest BCUT2D eigenvalue weighted by molar-refractivity contribution is -0.263. The molecule has 2 heterocycles. The highest BCUT2D eigenvalue weighted by Crippen LogP contribution is 2.68. The van der Waals surface area contributed by atoms with Crippen LogP contribution < -0.4 is 4.74 Å². The minimum absolute atomic E-state index is 0.0408.